The van der Waals surface area contributed by atoms with Crippen LogP contribution in [0.2, 0.25) is 0 Å². The van der Waals surface area contributed by atoms with Gasteiger partial charge < -0.3 is 5.32 Å². The number of hydrogen-bond donors (Lipinski definition) is 1. The maximum atomic E-state index is 13.0. The van der Waals surface area contributed by atoms with E-state index < -0.39 is 0 Å². The van der Waals surface area contributed by atoms with Gasteiger partial charge in [-0.15, -0.1) is 0 Å². The second-order valence-electron chi connectivity index (χ2n) is 8.49. The number of aromatic nitrogens is 4. The molecule has 5 rings (SSSR count). The van der Waals surface area contributed by atoms with E-state index >= 15 is 0 Å². The summed E-state index contributed by atoms with van der Waals surface area (Å²) in [5, 5.41) is 15.6. The third kappa shape index (κ3) is 4.32. The highest BCUT2D eigenvalue weighted by Crippen LogP contribution is 2.36. The van der Waals surface area contributed by atoms with Gasteiger partial charge in [-0.3, -0.25) is 9.69 Å². The van der Waals surface area contributed by atoms with Gasteiger partial charge >= 0.3 is 0 Å². The highest BCUT2D eigenvalue weighted by Gasteiger charge is 2.31. The highest BCUT2D eigenvalue weighted by molar-refractivity contribution is 5.89. The van der Waals surface area contributed by atoms with E-state index in [4.69, 9.17) is 0 Å². The maximum absolute atomic E-state index is 13.0. The van der Waals surface area contributed by atoms with Gasteiger partial charge in [0.25, 0.3) is 5.95 Å². The summed E-state index contributed by atoms with van der Waals surface area (Å²) in [6.45, 7) is 4.69. The van der Waals surface area contributed by atoms with Crippen molar-refractivity contribution < 1.29 is 4.79 Å². The Labute approximate surface area is 198 Å². The first kappa shape index (κ1) is 21.6. The van der Waals surface area contributed by atoms with Crippen molar-refractivity contribution in [1.29, 1.82) is 0 Å². The predicted molar refractivity (Wildman–Crippen MR) is 132 cm³/mol. The number of nitrogens with one attached hydrogen (secondary N) is 1. The molecule has 170 valence electrons. The van der Waals surface area contributed by atoms with Crippen LogP contribution in [0.5, 0.6) is 0 Å². The van der Waals surface area contributed by atoms with E-state index in [0.29, 0.717) is 12.5 Å². The Morgan fingerprint density at radius 3 is 2.44 bits per heavy atom. The Kier molecular flexibility index (Phi) is 5.91. The van der Waals surface area contributed by atoms with Crippen LogP contribution in [-0.2, 0) is 11.3 Å². The number of allylic oxidation sites excluding steroid dienone is 1. The van der Waals surface area contributed by atoms with Gasteiger partial charge in [0, 0.05) is 6.54 Å². The smallest absolute Gasteiger partial charge is 0.251 e. The van der Waals surface area contributed by atoms with Crippen LogP contribution in [0.1, 0.15) is 33.9 Å². The van der Waals surface area contributed by atoms with E-state index in [1.807, 2.05) is 66.4 Å². The molecule has 0 spiro atoms. The summed E-state index contributed by atoms with van der Waals surface area (Å²) in [4.78, 5) is 14.9. The maximum Gasteiger partial charge on any atom is 0.251 e. The van der Waals surface area contributed by atoms with Crippen molar-refractivity contribution in [1.82, 2.24) is 25.5 Å². The Morgan fingerprint density at radius 1 is 0.941 bits per heavy atom. The third-order valence-electron chi connectivity index (χ3n) is 6.11. The topological polar surface area (TPSA) is 75.9 Å². The average Bonchev–Trinajstić information content (AvgIpc) is 3.35. The molecule has 0 unspecified atom stereocenters. The normalized spacial score (nSPS) is 14.9. The SMILES string of the molecule is Cc1ccc([C@@H]2C=C(c3ccccc3)N(CC(=O)NCc3ccccc3C)c3nnnn32)cc1. The van der Waals surface area contributed by atoms with Gasteiger partial charge in [0.1, 0.15) is 12.6 Å². The predicted octanol–water partition coefficient (Wildman–Crippen LogP) is 4.06. The molecule has 3 aromatic carbocycles. The van der Waals surface area contributed by atoms with Gasteiger partial charge in [0.05, 0.1) is 5.70 Å². The minimum absolute atomic E-state index is 0.103. The zero-order chi connectivity index (χ0) is 23.5. The molecule has 1 atom stereocenters. The molecular weight excluding hydrogens is 424 g/mol. The lowest BCUT2D eigenvalue weighted by Crippen LogP contribution is -2.40. The molecule has 2 heterocycles. The average molecular weight is 451 g/mol. The third-order valence-corrected chi connectivity index (χ3v) is 6.11. The fourth-order valence-electron chi connectivity index (χ4n) is 4.18. The number of rotatable bonds is 6. The van der Waals surface area contributed by atoms with Crippen molar-refractivity contribution in [3.05, 3.63) is 113 Å². The molecule has 34 heavy (non-hydrogen) atoms. The fraction of sp³-hybridized carbons (Fsp3) is 0.185. The Hall–Kier alpha value is -4.26. The lowest BCUT2D eigenvalue weighted by atomic mass is 10.00. The van der Waals surface area contributed by atoms with Crippen LogP contribution in [0.15, 0.2) is 84.9 Å². The number of fused-ring (bicyclic) bond motifs is 1. The van der Waals surface area contributed by atoms with E-state index in [-0.39, 0.29) is 18.5 Å². The number of carbonyl (C=O) groups excluding carboxylic acids is 1. The number of carbonyl (C=O) groups is 1. The second-order valence-corrected chi connectivity index (χ2v) is 8.49. The van der Waals surface area contributed by atoms with Crippen LogP contribution in [-0.4, -0.2) is 32.7 Å². The summed E-state index contributed by atoms with van der Waals surface area (Å²) in [5.41, 5.74) is 6.42. The molecule has 1 aliphatic rings. The largest absolute Gasteiger partial charge is 0.350 e. The van der Waals surface area contributed by atoms with Gasteiger partial charge in [-0.05, 0) is 52.6 Å². The number of amides is 1. The molecule has 0 fully saturated rings. The van der Waals surface area contributed by atoms with E-state index in [1.54, 1.807) is 4.68 Å². The van der Waals surface area contributed by atoms with E-state index in [0.717, 1.165) is 28.0 Å². The van der Waals surface area contributed by atoms with Gasteiger partial charge in [0.15, 0.2) is 0 Å². The van der Waals surface area contributed by atoms with Crippen LogP contribution in [0.4, 0.5) is 5.95 Å². The lowest BCUT2D eigenvalue weighted by Gasteiger charge is -2.32. The van der Waals surface area contributed by atoms with Gasteiger partial charge in [0.2, 0.25) is 5.91 Å². The van der Waals surface area contributed by atoms with Gasteiger partial charge in [-0.1, -0.05) is 89.5 Å². The van der Waals surface area contributed by atoms with Crippen molar-refractivity contribution >= 4 is 17.6 Å². The molecular formula is C27H26N6O. The lowest BCUT2D eigenvalue weighted by molar-refractivity contribution is -0.119. The van der Waals surface area contributed by atoms with E-state index in [1.165, 1.54) is 5.56 Å². The molecule has 0 saturated heterocycles. The molecule has 0 saturated carbocycles. The van der Waals surface area contributed by atoms with Crippen LogP contribution >= 0.6 is 0 Å². The zero-order valence-corrected chi connectivity index (χ0v) is 19.2. The molecule has 4 aromatic rings. The van der Waals surface area contributed by atoms with Gasteiger partial charge in [-0.2, -0.15) is 4.68 Å². The van der Waals surface area contributed by atoms with Crippen molar-refractivity contribution in [2.45, 2.75) is 26.4 Å². The zero-order valence-electron chi connectivity index (χ0n) is 19.2. The number of nitrogens with zero attached hydrogens (tertiary/aromatic N) is 5. The van der Waals surface area contributed by atoms with E-state index in [2.05, 4.69) is 58.1 Å². The quantitative estimate of drug-likeness (QED) is 0.480. The molecule has 1 N–H and O–H groups in total. The Balaban J connectivity index is 1.47. The first-order valence-corrected chi connectivity index (χ1v) is 11.3. The summed E-state index contributed by atoms with van der Waals surface area (Å²) in [5.74, 6) is 0.436. The number of hydrogen-bond acceptors (Lipinski definition) is 5. The first-order chi connectivity index (χ1) is 16.6. The van der Waals surface area contributed by atoms with Gasteiger partial charge in [-0.25, -0.2) is 0 Å². The fourth-order valence-corrected chi connectivity index (χ4v) is 4.18. The first-order valence-electron chi connectivity index (χ1n) is 11.3. The van der Waals surface area contributed by atoms with Crippen molar-refractivity contribution in [3.63, 3.8) is 0 Å². The Bertz CT molecular complexity index is 1330. The summed E-state index contributed by atoms with van der Waals surface area (Å²) >= 11 is 0. The molecule has 0 radical (unpaired) electrons. The minimum Gasteiger partial charge on any atom is -0.350 e. The number of tetrazole rings is 1. The van der Waals surface area contributed by atoms with Crippen LogP contribution < -0.4 is 10.2 Å². The monoisotopic (exact) mass is 450 g/mol. The molecule has 7 heteroatoms. The van der Waals surface area contributed by atoms with Crippen LogP contribution in [0, 0.1) is 13.8 Å². The van der Waals surface area contributed by atoms with Crippen molar-refractivity contribution in [3.8, 4) is 0 Å². The van der Waals surface area contributed by atoms with Crippen molar-refractivity contribution in [2.24, 2.45) is 0 Å². The summed E-state index contributed by atoms with van der Waals surface area (Å²) in [6.07, 6.45) is 2.12. The standard InChI is InChI=1S/C27H26N6O/c1-19-12-14-22(15-13-19)25-16-24(21-9-4-3-5-10-21)32(27-29-30-31-33(25)27)18-26(34)28-17-23-11-7-6-8-20(23)2/h3-16,25H,17-18H2,1-2H3,(H,28,34)/t25-/m0/s1. The molecule has 1 aliphatic heterocycles. The number of aryl methyl sites for hydroxylation is 2. The van der Waals surface area contributed by atoms with Crippen LogP contribution in [0.25, 0.3) is 5.70 Å². The summed E-state index contributed by atoms with van der Waals surface area (Å²) in [6, 6.07) is 26.3. The number of anilines is 1. The molecule has 0 bridgehead atoms. The molecule has 0 aliphatic carbocycles. The summed E-state index contributed by atoms with van der Waals surface area (Å²) in [7, 11) is 0. The molecule has 1 amide bonds. The summed E-state index contributed by atoms with van der Waals surface area (Å²) < 4.78 is 1.77. The second kappa shape index (κ2) is 9.31. The highest BCUT2D eigenvalue weighted by atomic mass is 16.2. The molecule has 7 nitrogen and oxygen atoms in total. The minimum atomic E-state index is -0.174. The van der Waals surface area contributed by atoms with Crippen molar-refractivity contribution in [2.75, 3.05) is 11.4 Å². The number of benzene rings is 3. The Morgan fingerprint density at radius 2 is 1.68 bits per heavy atom. The van der Waals surface area contributed by atoms with Crippen LogP contribution in [0.3, 0.4) is 0 Å². The van der Waals surface area contributed by atoms with E-state index in [9.17, 15) is 4.79 Å². The molecule has 1 aromatic heterocycles.